The van der Waals surface area contributed by atoms with Gasteiger partial charge in [0.2, 0.25) is 5.91 Å². The van der Waals surface area contributed by atoms with Crippen LogP contribution in [0.15, 0.2) is 48.2 Å². The van der Waals surface area contributed by atoms with Gasteiger partial charge >= 0.3 is 5.97 Å². The molecule has 2 amide bonds. The molecule has 1 N–H and O–H groups in total. The molecule has 0 radical (unpaired) electrons. The summed E-state index contributed by atoms with van der Waals surface area (Å²) in [5.74, 6) is -1.34. The summed E-state index contributed by atoms with van der Waals surface area (Å²) >= 11 is 0. The van der Waals surface area contributed by atoms with E-state index in [0.29, 0.717) is 5.39 Å². The molecule has 2 rings (SSSR count). The highest BCUT2D eigenvalue weighted by molar-refractivity contribution is 6.06. The minimum Gasteiger partial charge on any atom is -0.468 e. The summed E-state index contributed by atoms with van der Waals surface area (Å²) in [6, 6.07) is 8.39. The maximum Gasteiger partial charge on any atom is 0.325 e. The molecule has 0 saturated heterocycles. The molecule has 7 nitrogen and oxygen atoms in total. The summed E-state index contributed by atoms with van der Waals surface area (Å²) in [4.78, 5) is 42.7. The zero-order valence-corrected chi connectivity index (χ0v) is 16.6. The number of esters is 1. The number of aromatic nitrogens is 1. The van der Waals surface area contributed by atoms with Gasteiger partial charge in [0.1, 0.15) is 18.3 Å². The molecule has 0 bridgehead atoms. The van der Waals surface area contributed by atoms with Gasteiger partial charge in [-0.15, -0.1) is 0 Å². The summed E-state index contributed by atoms with van der Waals surface area (Å²) < 4.78 is 4.67. The first-order valence-electron chi connectivity index (χ1n) is 8.99. The Morgan fingerprint density at radius 3 is 2.61 bits per heavy atom. The average Bonchev–Trinajstić information content (AvgIpc) is 2.71. The zero-order valence-electron chi connectivity index (χ0n) is 16.6. The van der Waals surface area contributed by atoms with Crippen molar-refractivity contribution >= 4 is 28.6 Å². The Labute approximate surface area is 164 Å². The van der Waals surface area contributed by atoms with Crippen LogP contribution in [0.3, 0.4) is 0 Å². The number of hydrogen-bond acceptors (Lipinski definition) is 5. The maximum absolute atomic E-state index is 12.8. The highest BCUT2D eigenvalue weighted by Crippen LogP contribution is 2.16. The number of carbonyl (C=O) groups excluding carboxylic acids is 3. The van der Waals surface area contributed by atoms with E-state index in [1.54, 1.807) is 13.1 Å². The van der Waals surface area contributed by atoms with Crippen LogP contribution in [0.1, 0.15) is 31.3 Å². The first-order chi connectivity index (χ1) is 13.4. The van der Waals surface area contributed by atoms with Crippen molar-refractivity contribution in [2.75, 3.05) is 20.2 Å². The predicted octanol–water partition coefficient (Wildman–Crippen LogP) is 2.32. The summed E-state index contributed by atoms with van der Waals surface area (Å²) in [6.45, 7) is 5.39. The molecule has 0 fully saturated rings. The van der Waals surface area contributed by atoms with E-state index in [2.05, 4.69) is 15.0 Å². The van der Waals surface area contributed by atoms with Crippen LogP contribution in [0.4, 0.5) is 0 Å². The fourth-order valence-electron chi connectivity index (χ4n) is 2.73. The normalized spacial score (nSPS) is 12.4. The molecule has 1 unspecified atom stereocenters. The number of amides is 2. The topological polar surface area (TPSA) is 88.6 Å². The molecule has 0 saturated carbocycles. The van der Waals surface area contributed by atoms with Crippen molar-refractivity contribution in [2.24, 2.45) is 0 Å². The van der Waals surface area contributed by atoms with E-state index < -0.39 is 17.9 Å². The predicted molar refractivity (Wildman–Crippen MR) is 107 cm³/mol. The number of methoxy groups -OCH3 is 1. The standard InChI is InChI=1S/C21H25N3O4/c1-5-14(2)12-24(13-18(25)28-4)21(27)15(3)23-20(26)19-17-9-7-6-8-16(17)10-11-22-19/h5-11,15H,12-13H2,1-4H3,(H,23,26)/b14-5-. The molecule has 1 aromatic heterocycles. The molecule has 1 heterocycles. The molecule has 148 valence electrons. The Balaban J connectivity index is 2.18. The number of pyridine rings is 1. The molecule has 0 aliphatic carbocycles. The van der Waals surface area contributed by atoms with Gasteiger partial charge in [0.05, 0.1) is 7.11 Å². The second-order valence-corrected chi connectivity index (χ2v) is 6.48. The number of hydrogen-bond donors (Lipinski definition) is 1. The number of nitrogens with zero attached hydrogens (tertiary/aromatic N) is 2. The van der Waals surface area contributed by atoms with Crippen LogP contribution in [0.2, 0.25) is 0 Å². The third-order valence-corrected chi connectivity index (χ3v) is 4.40. The molecule has 7 heteroatoms. The van der Waals surface area contributed by atoms with Gasteiger partial charge in [-0.3, -0.25) is 19.4 Å². The molecule has 28 heavy (non-hydrogen) atoms. The Hall–Kier alpha value is -3.22. The van der Waals surface area contributed by atoms with Crippen LogP contribution in [0, 0.1) is 0 Å². The highest BCUT2D eigenvalue weighted by Gasteiger charge is 2.25. The molecule has 1 atom stereocenters. The van der Waals surface area contributed by atoms with Crippen molar-refractivity contribution in [1.29, 1.82) is 0 Å². The number of benzene rings is 1. The second kappa shape index (κ2) is 9.64. The molecule has 1 aromatic carbocycles. The van der Waals surface area contributed by atoms with Crippen LogP contribution in [0.25, 0.3) is 10.8 Å². The monoisotopic (exact) mass is 383 g/mol. The van der Waals surface area contributed by atoms with Gasteiger partial charge in [0.25, 0.3) is 5.91 Å². The SMILES string of the molecule is C/C=C(/C)CN(CC(=O)OC)C(=O)C(C)NC(=O)c1nccc2ccccc12. The lowest BCUT2D eigenvalue weighted by molar-refractivity contribution is -0.147. The van der Waals surface area contributed by atoms with Crippen LogP contribution >= 0.6 is 0 Å². The van der Waals surface area contributed by atoms with Gasteiger partial charge in [0, 0.05) is 18.1 Å². The van der Waals surface area contributed by atoms with Crippen LogP contribution in [-0.2, 0) is 14.3 Å². The summed E-state index contributed by atoms with van der Waals surface area (Å²) in [6.07, 6.45) is 3.42. The second-order valence-electron chi connectivity index (χ2n) is 6.48. The smallest absolute Gasteiger partial charge is 0.325 e. The van der Waals surface area contributed by atoms with E-state index >= 15 is 0 Å². The van der Waals surface area contributed by atoms with Gasteiger partial charge in [0.15, 0.2) is 0 Å². The van der Waals surface area contributed by atoms with Crippen molar-refractivity contribution < 1.29 is 19.1 Å². The van der Waals surface area contributed by atoms with Gasteiger partial charge < -0.3 is 15.0 Å². The van der Waals surface area contributed by atoms with Crippen LogP contribution in [0.5, 0.6) is 0 Å². The van der Waals surface area contributed by atoms with E-state index in [-0.39, 0.29) is 24.7 Å². The lowest BCUT2D eigenvalue weighted by Gasteiger charge is -2.25. The molecule has 0 aliphatic heterocycles. The van der Waals surface area contributed by atoms with Crippen molar-refractivity contribution in [3.63, 3.8) is 0 Å². The Kier molecular flexibility index (Phi) is 7.26. The van der Waals surface area contributed by atoms with Gasteiger partial charge in [-0.2, -0.15) is 0 Å². The van der Waals surface area contributed by atoms with E-state index in [1.807, 2.05) is 50.3 Å². The maximum atomic E-state index is 12.8. The van der Waals surface area contributed by atoms with E-state index in [9.17, 15) is 14.4 Å². The Morgan fingerprint density at radius 1 is 1.21 bits per heavy atom. The number of rotatable bonds is 7. The Bertz CT molecular complexity index is 902. The molecular formula is C21H25N3O4. The third-order valence-electron chi connectivity index (χ3n) is 4.40. The van der Waals surface area contributed by atoms with Crippen LogP contribution < -0.4 is 5.32 Å². The molecule has 0 aliphatic rings. The van der Waals surface area contributed by atoms with E-state index in [0.717, 1.165) is 11.0 Å². The number of allylic oxidation sites excluding steroid dienone is 1. The fourth-order valence-corrected chi connectivity index (χ4v) is 2.73. The number of carbonyl (C=O) groups is 3. The first kappa shape index (κ1) is 21.1. The molecule has 0 spiro atoms. The van der Waals surface area contributed by atoms with Crippen molar-refractivity contribution in [3.05, 3.63) is 53.9 Å². The molecular weight excluding hydrogens is 358 g/mol. The van der Waals surface area contributed by atoms with E-state index in [4.69, 9.17) is 0 Å². The number of fused-ring (bicyclic) bond motifs is 1. The van der Waals surface area contributed by atoms with Gasteiger partial charge in [-0.25, -0.2) is 0 Å². The number of nitrogens with one attached hydrogen (secondary N) is 1. The average molecular weight is 383 g/mol. The minimum absolute atomic E-state index is 0.187. The van der Waals surface area contributed by atoms with Crippen molar-refractivity contribution in [3.8, 4) is 0 Å². The summed E-state index contributed by atoms with van der Waals surface area (Å²) in [7, 11) is 1.27. The third kappa shape index (κ3) is 5.16. The van der Waals surface area contributed by atoms with Gasteiger partial charge in [-0.1, -0.05) is 35.9 Å². The Morgan fingerprint density at radius 2 is 1.93 bits per heavy atom. The van der Waals surface area contributed by atoms with Gasteiger partial charge in [-0.05, 0) is 32.2 Å². The van der Waals surface area contributed by atoms with E-state index in [1.165, 1.54) is 12.0 Å². The largest absolute Gasteiger partial charge is 0.468 e. The summed E-state index contributed by atoms with van der Waals surface area (Å²) in [5, 5.41) is 4.28. The first-order valence-corrected chi connectivity index (χ1v) is 8.99. The lowest BCUT2D eigenvalue weighted by Crippen LogP contribution is -2.49. The fraction of sp³-hybridized carbons (Fsp3) is 0.333. The number of ether oxygens (including phenoxy) is 1. The molecule has 2 aromatic rings. The van der Waals surface area contributed by atoms with Crippen molar-refractivity contribution in [2.45, 2.75) is 26.8 Å². The van der Waals surface area contributed by atoms with Crippen molar-refractivity contribution in [1.82, 2.24) is 15.2 Å². The van der Waals surface area contributed by atoms with Crippen LogP contribution in [-0.4, -0.2) is 53.9 Å². The highest BCUT2D eigenvalue weighted by atomic mass is 16.5. The lowest BCUT2D eigenvalue weighted by atomic mass is 10.1. The zero-order chi connectivity index (χ0) is 20.7. The summed E-state index contributed by atoms with van der Waals surface area (Å²) in [5.41, 5.74) is 1.17. The minimum atomic E-state index is -0.831. The quantitative estimate of drug-likeness (QED) is 0.586.